The topological polar surface area (TPSA) is 60.1 Å². The molecule has 0 saturated carbocycles. The summed E-state index contributed by atoms with van der Waals surface area (Å²) < 4.78 is 2.08. The summed E-state index contributed by atoms with van der Waals surface area (Å²) in [5, 5.41) is 3.02. The zero-order valence-corrected chi connectivity index (χ0v) is 13.1. The van der Waals surface area contributed by atoms with Gasteiger partial charge < -0.3 is 15.6 Å². The molecule has 0 bridgehead atoms. The summed E-state index contributed by atoms with van der Waals surface area (Å²) in [6, 6.07) is 11.5. The lowest BCUT2D eigenvalue weighted by molar-refractivity contribution is -0.125. The molecular formula is C17H23N3O. The maximum absolute atomic E-state index is 12.5. The largest absolute Gasteiger partial charge is 0.399 e. The van der Waals surface area contributed by atoms with E-state index in [1.807, 2.05) is 64.2 Å². The molecular weight excluding hydrogens is 262 g/mol. The highest BCUT2D eigenvalue weighted by atomic mass is 16.2. The van der Waals surface area contributed by atoms with Crippen LogP contribution in [0.4, 0.5) is 5.69 Å². The predicted octanol–water partition coefficient (Wildman–Crippen LogP) is 2.51. The number of nitrogens with two attached hydrogens (primary N) is 1. The number of carbonyl (C=O) groups is 1. The molecule has 2 rings (SSSR count). The monoisotopic (exact) mass is 285 g/mol. The number of hydrogen-bond acceptors (Lipinski definition) is 2. The van der Waals surface area contributed by atoms with E-state index in [1.165, 1.54) is 5.69 Å². The lowest BCUT2D eigenvalue weighted by Crippen LogP contribution is -2.40. The van der Waals surface area contributed by atoms with Gasteiger partial charge in [0.05, 0.1) is 12.0 Å². The summed E-state index contributed by atoms with van der Waals surface area (Å²) in [6.07, 6.45) is 0. The Balaban J connectivity index is 2.08. The van der Waals surface area contributed by atoms with Crippen LogP contribution >= 0.6 is 0 Å². The number of amides is 1. The van der Waals surface area contributed by atoms with Gasteiger partial charge in [-0.3, -0.25) is 4.79 Å². The Morgan fingerprint density at radius 2 is 1.81 bits per heavy atom. The lowest BCUT2D eigenvalue weighted by Gasteiger charge is -2.24. The number of rotatable bonds is 4. The fraction of sp³-hybridized carbons (Fsp3) is 0.353. The number of nitrogen functional groups attached to an aromatic ring is 1. The fourth-order valence-corrected chi connectivity index (χ4v) is 2.27. The minimum Gasteiger partial charge on any atom is -0.399 e. The van der Waals surface area contributed by atoms with Crippen molar-refractivity contribution in [1.29, 1.82) is 0 Å². The van der Waals surface area contributed by atoms with Crippen LogP contribution in [0.15, 0.2) is 36.4 Å². The SMILES string of the molecule is Cc1ccc(CNC(=O)C(C)(C)c2ccc(N)cc2)n1C. The van der Waals surface area contributed by atoms with Crippen molar-refractivity contribution in [2.24, 2.45) is 7.05 Å². The van der Waals surface area contributed by atoms with Crippen LogP contribution in [0.2, 0.25) is 0 Å². The molecule has 1 aromatic heterocycles. The Hall–Kier alpha value is -2.23. The number of hydrogen-bond donors (Lipinski definition) is 2. The van der Waals surface area contributed by atoms with E-state index in [1.54, 1.807) is 0 Å². The molecule has 3 N–H and O–H groups in total. The number of aromatic nitrogens is 1. The predicted molar refractivity (Wildman–Crippen MR) is 85.9 cm³/mol. The second kappa shape index (κ2) is 5.64. The first-order valence-electron chi connectivity index (χ1n) is 7.08. The van der Waals surface area contributed by atoms with Crippen LogP contribution in [0.1, 0.15) is 30.8 Å². The van der Waals surface area contributed by atoms with Gasteiger partial charge in [-0.1, -0.05) is 12.1 Å². The smallest absolute Gasteiger partial charge is 0.230 e. The van der Waals surface area contributed by atoms with E-state index < -0.39 is 5.41 Å². The van der Waals surface area contributed by atoms with Crippen molar-refractivity contribution in [2.75, 3.05) is 5.73 Å². The average Bonchev–Trinajstić information content (AvgIpc) is 2.76. The fourth-order valence-electron chi connectivity index (χ4n) is 2.27. The molecule has 0 fully saturated rings. The first kappa shape index (κ1) is 15.2. The molecule has 1 heterocycles. The third-order valence-corrected chi connectivity index (χ3v) is 4.11. The van der Waals surface area contributed by atoms with Crippen molar-refractivity contribution in [2.45, 2.75) is 32.7 Å². The quantitative estimate of drug-likeness (QED) is 0.848. The molecule has 21 heavy (non-hydrogen) atoms. The Morgan fingerprint density at radius 1 is 1.19 bits per heavy atom. The summed E-state index contributed by atoms with van der Waals surface area (Å²) >= 11 is 0. The van der Waals surface area contributed by atoms with E-state index >= 15 is 0 Å². The van der Waals surface area contributed by atoms with Crippen LogP contribution in [0, 0.1) is 6.92 Å². The highest BCUT2D eigenvalue weighted by Crippen LogP contribution is 2.24. The summed E-state index contributed by atoms with van der Waals surface area (Å²) in [5.74, 6) is 0.00567. The molecule has 0 aliphatic rings. The van der Waals surface area contributed by atoms with Gasteiger partial charge in [-0.2, -0.15) is 0 Å². The molecule has 0 aliphatic carbocycles. The first-order valence-corrected chi connectivity index (χ1v) is 7.08. The summed E-state index contributed by atoms with van der Waals surface area (Å²) in [7, 11) is 2.00. The van der Waals surface area contributed by atoms with Crippen molar-refractivity contribution in [3.05, 3.63) is 53.3 Å². The van der Waals surface area contributed by atoms with E-state index in [0.717, 1.165) is 11.3 Å². The third kappa shape index (κ3) is 3.10. The maximum atomic E-state index is 12.5. The van der Waals surface area contributed by atoms with Crippen LogP contribution in [0.5, 0.6) is 0 Å². The summed E-state index contributed by atoms with van der Waals surface area (Å²) in [4.78, 5) is 12.5. The Labute approximate surface area is 126 Å². The van der Waals surface area contributed by atoms with Crippen LogP contribution in [-0.4, -0.2) is 10.5 Å². The number of aryl methyl sites for hydroxylation is 1. The molecule has 0 radical (unpaired) electrons. The number of nitrogens with one attached hydrogen (secondary N) is 1. The second-order valence-electron chi connectivity index (χ2n) is 5.95. The maximum Gasteiger partial charge on any atom is 0.230 e. The Kier molecular flexibility index (Phi) is 4.07. The van der Waals surface area contributed by atoms with Crippen LogP contribution in [0.25, 0.3) is 0 Å². The van der Waals surface area contributed by atoms with E-state index in [2.05, 4.69) is 9.88 Å². The Bertz CT molecular complexity index is 639. The molecule has 0 atom stereocenters. The molecule has 0 saturated heterocycles. The van der Waals surface area contributed by atoms with E-state index in [-0.39, 0.29) is 5.91 Å². The van der Waals surface area contributed by atoms with Gasteiger partial charge in [-0.05, 0) is 50.6 Å². The molecule has 0 aliphatic heterocycles. The van der Waals surface area contributed by atoms with E-state index in [4.69, 9.17) is 5.73 Å². The van der Waals surface area contributed by atoms with Crippen molar-refractivity contribution in [1.82, 2.24) is 9.88 Å². The van der Waals surface area contributed by atoms with E-state index in [0.29, 0.717) is 12.2 Å². The minimum atomic E-state index is -0.589. The summed E-state index contributed by atoms with van der Waals surface area (Å²) in [5.41, 5.74) is 9.04. The van der Waals surface area contributed by atoms with E-state index in [9.17, 15) is 4.79 Å². The number of nitrogens with zero attached hydrogens (tertiary/aromatic N) is 1. The third-order valence-electron chi connectivity index (χ3n) is 4.11. The highest BCUT2D eigenvalue weighted by Gasteiger charge is 2.29. The number of anilines is 1. The molecule has 112 valence electrons. The highest BCUT2D eigenvalue weighted by molar-refractivity contribution is 5.87. The van der Waals surface area contributed by atoms with Crippen LogP contribution in [-0.2, 0) is 23.8 Å². The minimum absolute atomic E-state index is 0.00567. The van der Waals surface area contributed by atoms with Crippen LogP contribution in [0.3, 0.4) is 0 Å². The molecule has 4 heteroatoms. The van der Waals surface area contributed by atoms with Gasteiger partial charge in [-0.25, -0.2) is 0 Å². The van der Waals surface area contributed by atoms with Gasteiger partial charge >= 0.3 is 0 Å². The van der Waals surface area contributed by atoms with Crippen molar-refractivity contribution in [3.63, 3.8) is 0 Å². The molecule has 4 nitrogen and oxygen atoms in total. The van der Waals surface area contributed by atoms with Gasteiger partial charge in [0.15, 0.2) is 0 Å². The van der Waals surface area contributed by atoms with Gasteiger partial charge in [0.2, 0.25) is 5.91 Å². The second-order valence-corrected chi connectivity index (χ2v) is 5.95. The van der Waals surface area contributed by atoms with Crippen LogP contribution < -0.4 is 11.1 Å². The van der Waals surface area contributed by atoms with Crippen molar-refractivity contribution >= 4 is 11.6 Å². The first-order chi connectivity index (χ1) is 9.82. The van der Waals surface area contributed by atoms with Crippen molar-refractivity contribution in [3.8, 4) is 0 Å². The number of benzene rings is 1. The molecule has 2 aromatic rings. The molecule has 0 unspecified atom stereocenters. The average molecular weight is 285 g/mol. The normalized spacial score (nSPS) is 11.4. The molecule has 0 spiro atoms. The van der Waals surface area contributed by atoms with Gasteiger partial charge in [-0.15, -0.1) is 0 Å². The zero-order valence-electron chi connectivity index (χ0n) is 13.1. The summed E-state index contributed by atoms with van der Waals surface area (Å²) in [6.45, 7) is 6.42. The zero-order chi connectivity index (χ0) is 15.6. The van der Waals surface area contributed by atoms with Gasteiger partial charge in [0.1, 0.15) is 0 Å². The molecule has 1 aromatic carbocycles. The Morgan fingerprint density at radius 3 is 2.33 bits per heavy atom. The van der Waals surface area contributed by atoms with Crippen molar-refractivity contribution < 1.29 is 4.79 Å². The van der Waals surface area contributed by atoms with Gasteiger partial charge in [0, 0.05) is 24.1 Å². The lowest BCUT2D eigenvalue weighted by atomic mass is 9.83. The molecule has 1 amide bonds. The van der Waals surface area contributed by atoms with Gasteiger partial charge in [0.25, 0.3) is 0 Å². The standard InChI is InChI=1S/C17H23N3O/c1-12-5-10-15(20(12)4)11-19-16(21)17(2,3)13-6-8-14(18)9-7-13/h5-10H,11,18H2,1-4H3,(H,19,21). The number of carbonyl (C=O) groups excluding carboxylic acids is 1.